The van der Waals surface area contributed by atoms with Gasteiger partial charge in [0.05, 0.1) is 0 Å². The first-order chi connectivity index (χ1) is 11.0. The lowest BCUT2D eigenvalue weighted by Gasteiger charge is -2.31. The highest BCUT2D eigenvalue weighted by molar-refractivity contribution is 6.36. The molecule has 0 bridgehead atoms. The van der Waals surface area contributed by atoms with Crippen molar-refractivity contribution in [1.82, 2.24) is 10.2 Å². The summed E-state index contributed by atoms with van der Waals surface area (Å²) in [5, 5.41) is 3.85. The molecular weight excluding hydrogens is 335 g/mol. The maximum atomic E-state index is 12.4. The summed E-state index contributed by atoms with van der Waals surface area (Å²) in [6.07, 6.45) is 1.70. The van der Waals surface area contributed by atoms with E-state index in [1.165, 1.54) is 0 Å². The predicted molar refractivity (Wildman–Crippen MR) is 94.7 cm³/mol. The number of hydrogen-bond acceptors (Lipinski definition) is 2. The van der Waals surface area contributed by atoms with Gasteiger partial charge in [-0.1, -0.05) is 50.0 Å². The molecule has 1 N–H and O–H groups in total. The van der Waals surface area contributed by atoms with Crippen LogP contribution in [0.5, 0.6) is 0 Å². The van der Waals surface area contributed by atoms with Crippen LogP contribution >= 0.6 is 23.2 Å². The normalized spacial score (nSPS) is 11.9. The monoisotopic (exact) mass is 358 g/mol. The summed E-state index contributed by atoms with van der Waals surface area (Å²) in [5.74, 6) is -0.237. The van der Waals surface area contributed by atoms with Gasteiger partial charge in [-0.25, -0.2) is 0 Å². The van der Waals surface area contributed by atoms with Gasteiger partial charge in [0.2, 0.25) is 11.8 Å². The van der Waals surface area contributed by atoms with E-state index in [0.29, 0.717) is 35.0 Å². The fourth-order valence-corrected chi connectivity index (χ4v) is 2.86. The van der Waals surface area contributed by atoms with Crippen LogP contribution < -0.4 is 5.32 Å². The molecule has 0 aliphatic rings. The van der Waals surface area contributed by atoms with Gasteiger partial charge < -0.3 is 10.2 Å². The van der Waals surface area contributed by atoms with E-state index in [1.807, 2.05) is 13.8 Å². The first-order valence-electron chi connectivity index (χ1n) is 7.96. The van der Waals surface area contributed by atoms with Gasteiger partial charge in [0.25, 0.3) is 0 Å². The molecule has 0 aliphatic heterocycles. The molecule has 0 saturated carbocycles. The second-order valence-corrected chi connectivity index (χ2v) is 6.10. The molecule has 0 aliphatic carbocycles. The Morgan fingerprint density at radius 2 is 1.78 bits per heavy atom. The van der Waals surface area contributed by atoms with Crippen molar-refractivity contribution in [2.75, 3.05) is 6.54 Å². The fourth-order valence-electron chi connectivity index (χ4n) is 2.34. The molecule has 23 heavy (non-hydrogen) atoms. The Morgan fingerprint density at radius 3 is 2.26 bits per heavy atom. The van der Waals surface area contributed by atoms with Crippen molar-refractivity contribution in [3.05, 3.63) is 33.8 Å². The molecule has 1 unspecified atom stereocenters. The fraction of sp³-hybridized carbons (Fsp3) is 0.529. The minimum atomic E-state index is -0.527. The average Bonchev–Trinajstić information content (AvgIpc) is 2.54. The Kier molecular flexibility index (Phi) is 8.42. The zero-order chi connectivity index (χ0) is 17.4. The van der Waals surface area contributed by atoms with Gasteiger partial charge >= 0.3 is 0 Å². The van der Waals surface area contributed by atoms with Gasteiger partial charge in [0.1, 0.15) is 6.04 Å². The number of hydrogen-bond donors (Lipinski definition) is 1. The molecule has 2 amide bonds. The minimum Gasteiger partial charge on any atom is -0.354 e. The van der Waals surface area contributed by atoms with Crippen LogP contribution in [0.2, 0.25) is 10.0 Å². The largest absolute Gasteiger partial charge is 0.354 e. The highest BCUT2D eigenvalue weighted by Crippen LogP contribution is 2.27. The molecule has 0 radical (unpaired) electrons. The molecule has 0 aromatic heterocycles. The van der Waals surface area contributed by atoms with Crippen molar-refractivity contribution in [3.63, 3.8) is 0 Å². The number of carbonyl (C=O) groups is 2. The molecule has 6 heteroatoms. The minimum absolute atomic E-state index is 0.0977. The lowest BCUT2D eigenvalue weighted by atomic mass is 10.1. The van der Waals surface area contributed by atoms with Crippen molar-refractivity contribution in [2.24, 2.45) is 0 Å². The zero-order valence-corrected chi connectivity index (χ0v) is 15.4. The summed E-state index contributed by atoms with van der Waals surface area (Å²) >= 11 is 12.4. The molecule has 1 atom stereocenters. The second kappa shape index (κ2) is 9.78. The maximum absolute atomic E-state index is 12.4. The highest BCUT2D eigenvalue weighted by atomic mass is 35.5. The highest BCUT2D eigenvalue weighted by Gasteiger charge is 2.28. The first-order valence-corrected chi connectivity index (χ1v) is 8.71. The van der Waals surface area contributed by atoms with Crippen LogP contribution in [0, 0.1) is 0 Å². The van der Waals surface area contributed by atoms with Crippen molar-refractivity contribution in [1.29, 1.82) is 0 Å². The molecule has 1 rings (SSSR count). The average molecular weight is 359 g/mol. The SMILES string of the molecule is CCCNC(=O)C(CC)N(Cc1c(Cl)cccc1Cl)C(=O)CC. The Hall–Kier alpha value is -1.26. The third kappa shape index (κ3) is 5.40. The Morgan fingerprint density at radius 1 is 1.17 bits per heavy atom. The van der Waals surface area contributed by atoms with Gasteiger partial charge in [-0.05, 0) is 25.0 Å². The molecular formula is C17H24Cl2N2O2. The number of nitrogens with one attached hydrogen (secondary N) is 1. The number of rotatable bonds is 8. The Labute approximate surface area is 148 Å². The lowest BCUT2D eigenvalue weighted by Crippen LogP contribution is -2.49. The Bertz CT molecular complexity index is 529. The van der Waals surface area contributed by atoms with Crippen molar-refractivity contribution in [3.8, 4) is 0 Å². The van der Waals surface area contributed by atoms with E-state index in [4.69, 9.17) is 23.2 Å². The topological polar surface area (TPSA) is 49.4 Å². The van der Waals surface area contributed by atoms with Crippen LogP contribution in [-0.2, 0) is 16.1 Å². The molecule has 1 aromatic rings. The Balaban J connectivity index is 3.08. The van der Waals surface area contributed by atoms with E-state index < -0.39 is 6.04 Å². The van der Waals surface area contributed by atoms with Crippen LogP contribution in [0.4, 0.5) is 0 Å². The van der Waals surface area contributed by atoms with Gasteiger partial charge in [-0.2, -0.15) is 0 Å². The summed E-state index contributed by atoms with van der Waals surface area (Å²) in [6.45, 7) is 6.47. The van der Waals surface area contributed by atoms with Crippen molar-refractivity contribution in [2.45, 2.75) is 52.6 Å². The molecule has 4 nitrogen and oxygen atoms in total. The van der Waals surface area contributed by atoms with E-state index in [1.54, 1.807) is 30.0 Å². The smallest absolute Gasteiger partial charge is 0.242 e. The number of amides is 2. The van der Waals surface area contributed by atoms with E-state index in [-0.39, 0.29) is 18.4 Å². The molecule has 0 heterocycles. The quantitative estimate of drug-likeness (QED) is 0.762. The molecule has 0 spiro atoms. The van der Waals surface area contributed by atoms with Crippen molar-refractivity contribution >= 4 is 35.0 Å². The van der Waals surface area contributed by atoms with Crippen LogP contribution in [0.3, 0.4) is 0 Å². The van der Waals surface area contributed by atoms with Gasteiger partial charge in [-0.3, -0.25) is 9.59 Å². The predicted octanol–water partition coefficient (Wildman–Crippen LogP) is 4.04. The van der Waals surface area contributed by atoms with Crippen LogP contribution in [0.15, 0.2) is 18.2 Å². The number of nitrogens with zero attached hydrogens (tertiary/aromatic N) is 1. The maximum Gasteiger partial charge on any atom is 0.242 e. The van der Waals surface area contributed by atoms with Crippen LogP contribution in [0.25, 0.3) is 0 Å². The van der Waals surface area contributed by atoms with E-state index in [2.05, 4.69) is 5.32 Å². The molecule has 128 valence electrons. The summed E-state index contributed by atoms with van der Waals surface area (Å²) in [7, 11) is 0. The van der Waals surface area contributed by atoms with Crippen LogP contribution in [0.1, 0.15) is 45.6 Å². The summed E-state index contributed by atoms with van der Waals surface area (Å²) in [5.41, 5.74) is 0.666. The van der Waals surface area contributed by atoms with Gasteiger partial charge in [-0.15, -0.1) is 0 Å². The zero-order valence-electron chi connectivity index (χ0n) is 13.9. The summed E-state index contributed by atoms with van der Waals surface area (Å²) in [6, 6.07) is 4.69. The van der Waals surface area contributed by atoms with Crippen LogP contribution in [-0.4, -0.2) is 29.3 Å². The molecule has 0 fully saturated rings. The van der Waals surface area contributed by atoms with E-state index in [9.17, 15) is 9.59 Å². The summed E-state index contributed by atoms with van der Waals surface area (Å²) in [4.78, 5) is 26.3. The second-order valence-electron chi connectivity index (χ2n) is 5.29. The third-order valence-corrected chi connectivity index (χ3v) is 4.34. The molecule has 1 aromatic carbocycles. The summed E-state index contributed by atoms with van der Waals surface area (Å²) < 4.78 is 0. The van der Waals surface area contributed by atoms with Crippen molar-refractivity contribution < 1.29 is 9.59 Å². The molecule has 0 saturated heterocycles. The number of benzene rings is 1. The van der Waals surface area contributed by atoms with Gasteiger partial charge in [0, 0.05) is 35.1 Å². The van der Waals surface area contributed by atoms with Gasteiger partial charge in [0.15, 0.2) is 0 Å². The number of halogens is 2. The number of carbonyl (C=O) groups excluding carboxylic acids is 2. The standard InChI is InChI=1S/C17H24Cl2N2O2/c1-4-10-20-17(23)15(5-2)21(16(22)6-3)11-12-13(18)8-7-9-14(12)19/h7-9,15H,4-6,10-11H2,1-3H3,(H,20,23). The third-order valence-electron chi connectivity index (χ3n) is 3.63. The van der Waals surface area contributed by atoms with E-state index in [0.717, 1.165) is 6.42 Å². The first kappa shape index (κ1) is 19.8. The lowest BCUT2D eigenvalue weighted by molar-refractivity contribution is -0.141. The van der Waals surface area contributed by atoms with E-state index >= 15 is 0 Å².